The topological polar surface area (TPSA) is 45.8 Å². The summed E-state index contributed by atoms with van der Waals surface area (Å²) in [5.41, 5.74) is 2.35. The summed E-state index contributed by atoms with van der Waals surface area (Å²) >= 11 is 6.03. The predicted molar refractivity (Wildman–Crippen MR) is 64.8 cm³/mol. The first kappa shape index (κ1) is 10.9. The van der Waals surface area contributed by atoms with Gasteiger partial charge in [-0.2, -0.15) is 0 Å². The van der Waals surface area contributed by atoms with Crippen LogP contribution >= 0.6 is 11.6 Å². The maximum atomic E-state index is 11.3. The van der Waals surface area contributed by atoms with Gasteiger partial charge in [0.25, 0.3) is 5.56 Å². The van der Waals surface area contributed by atoms with Gasteiger partial charge in [0.05, 0.1) is 5.69 Å². The quantitative estimate of drug-likeness (QED) is 0.825. The van der Waals surface area contributed by atoms with Crippen LogP contribution in [-0.2, 0) is 0 Å². The van der Waals surface area contributed by atoms with E-state index >= 15 is 0 Å². The highest BCUT2D eigenvalue weighted by Crippen LogP contribution is 2.22. The molecule has 0 fully saturated rings. The van der Waals surface area contributed by atoms with Crippen molar-refractivity contribution >= 4 is 11.6 Å². The van der Waals surface area contributed by atoms with Gasteiger partial charge in [-0.25, -0.2) is 4.98 Å². The van der Waals surface area contributed by atoms with Crippen LogP contribution in [0.25, 0.3) is 11.3 Å². The number of benzene rings is 1. The molecule has 0 aliphatic heterocycles. The molecule has 1 aromatic carbocycles. The Morgan fingerprint density at radius 2 is 2.00 bits per heavy atom. The number of H-pyrrole nitrogens is 1. The Morgan fingerprint density at radius 1 is 1.25 bits per heavy atom. The Morgan fingerprint density at radius 3 is 2.62 bits per heavy atom. The fraction of sp³-hybridized carbons (Fsp3) is 0.167. The number of hydrogen-bond donors (Lipinski definition) is 1. The number of aryl methyl sites for hydroxylation is 2. The number of hydrogen-bond acceptors (Lipinski definition) is 2. The van der Waals surface area contributed by atoms with Crippen LogP contribution < -0.4 is 5.56 Å². The standard InChI is InChI=1S/C12H11ClN2O/c1-7-3-4-9(5-10(7)13)11-6-12(16)15-8(2)14-11/h3-6H,1-2H3,(H,14,15,16). The van der Waals surface area contributed by atoms with Gasteiger partial charge in [-0.1, -0.05) is 23.7 Å². The molecule has 0 atom stereocenters. The van der Waals surface area contributed by atoms with Crippen LogP contribution in [0.2, 0.25) is 5.02 Å². The van der Waals surface area contributed by atoms with E-state index < -0.39 is 0 Å². The van der Waals surface area contributed by atoms with Crippen molar-refractivity contribution in [2.75, 3.05) is 0 Å². The molecule has 1 aromatic heterocycles. The molecule has 2 rings (SSSR count). The lowest BCUT2D eigenvalue weighted by Gasteiger charge is -2.03. The molecule has 4 heteroatoms. The second-order valence-electron chi connectivity index (χ2n) is 3.68. The van der Waals surface area contributed by atoms with E-state index in [0.29, 0.717) is 16.5 Å². The molecule has 1 heterocycles. The molecule has 0 bridgehead atoms. The second-order valence-corrected chi connectivity index (χ2v) is 4.09. The van der Waals surface area contributed by atoms with Gasteiger partial charge in [-0.3, -0.25) is 4.79 Å². The third kappa shape index (κ3) is 2.14. The Kier molecular flexibility index (Phi) is 2.79. The van der Waals surface area contributed by atoms with Gasteiger partial charge in [0.2, 0.25) is 0 Å². The van der Waals surface area contributed by atoms with Gasteiger partial charge in [0.15, 0.2) is 0 Å². The van der Waals surface area contributed by atoms with Crippen molar-refractivity contribution in [1.29, 1.82) is 0 Å². The molecule has 16 heavy (non-hydrogen) atoms. The number of halogens is 1. The normalized spacial score (nSPS) is 10.4. The second kappa shape index (κ2) is 4.10. The Hall–Kier alpha value is -1.61. The van der Waals surface area contributed by atoms with E-state index in [2.05, 4.69) is 9.97 Å². The van der Waals surface area contributed by atoms with Gasteiger partial charge < -0.3 is 4.98 Å². The largest absolute Gasteiger partial charge is 0.311 e. The van der Waals surface area contributed by atoms with E-state index in [1.54, 1.807) is 6.92 Å². The van der Waals surface area contributed by atoms with Crippen LogP contribution in [0.15, 0.2) is 29.1 Å². The van der Waals surface area contributed by atoms with Gasteiger partial charge in [-0.15, -0.1) is 0 Å². The highest BCUT2D eigenvalue weighted by atomic mass is 35.5. The summed E-state index contributed by atoms with van der Waals surface area (Å²) in [5.74, 6) is 0.596. The molecule has 0 aliphatic rings. The van der Waals surface area contributed by atoms with Crippen molar-refractivity contribution < 1.29 is 0 Å². The van der Waals surface area contributed by atoms with E-state index in [4.69, 9.17) is 11.6 Å². The monoisotopic (exact) mass is 234 g/mol. The number of nitrogens with zero attached hydrogens (tertiary/aromatic N) is 1. The van der Waals surface area contributed by atoms with E-state index in [0.717, 1.165) is 11.1 Å². The number of aromatic amines is 1. The molecule has 82 valence electrons. The van der Waals surface area contributed by atoms with Crippen molar-refractivity contribution in [1.82, 2.24) is 9.97 Å². The first-order chi connectivity index (χ1) is 7.56. The summed E-state index contributed by atoms with van der Waals surface area (Å²) < 4.78 is 0. The Balaban J connectivity index is 2.58. The number of aromatic nitrogens is 2. The lowest BCUT2D eigenvalue weighted by molar-refractivity contribution is 1.02. The van der Waals surface area contributed by atoms with E-state index in [9.17, 15) is 4.79 Å². The third-order valence-electron chi connectivity index (χ3n) is 2.33. The lowest BCUT2D eigenvalue weighted by Crippen LogP contribution is -2.08. The average Bonchev–Trinajstić information content (AvgIpc) is 2.20. The summed E-state index contributed by atoms with van der Waals surface area (Å²) in [7, 11) is 0. The smallest absolute Gasteiger partial charge is 0.251 e. The molecular weight excluding hydrogens is 224 g/mol. The molecule has 0 spiro atoms. The highest BCUT2D eigenvalue weighted by Gasteiger charge is 2.03. The summed E-state index contributed by atoms with van der Waals surface area (Å²) in [5, 5.41) is 0.678. The molecule has 0 unspecified atom stereocenters. The van der Waals surface area contributed by atoms with Crippen LogP contribution in [0.4, 0.5) is 0 Å². The molecule has 0 aliphatic carbocycles. The molecule has 0 amide bonds. The Bertz CT molecular complexity index is 590. The van der Waals surface area contributed by atoms with Gasteiger partial charge >= 0.3 is 0 Å². The van der Waals surface area contributed by atoms with Gasteiger partial charge in [0, 0.05) is 16.7 Å². The zero-order chi connectivity index (χ0) is 11.7. The molecule has 0 radical (unpaired) electrons. The van der Waals surface area contributed by atoms with Gasteiger partial charge in [0.1, 0.15) is 5.82 Å². The third-order valence-corrected chi connectivity index (χ3v) is 2.73. The van der Waals surface area contributed by atoms with E-state index in [-0.39, 0.29) is 5.56 Å². The predicted octanol–water partition coefficient (Wildman–Crippen LogP) is 2.71. The van der Waals surface area contributed by atoms with Crippen molar-refractivity contribution in [2.45, 2.75) is 13.8 Å². The highest BCUT2D eigenvalue weighted by molar-refractivity contribution is 6.31. The molecular formula is C12H11ClN2O. The number of nitrogens with one attached hydrogen (secondary N) is 1. The first-order valence-corrected chi connectivity index (χ1v) is 5.28. The summed E-state index contributed by atoms with van der Waals surface area (Å²) in [4.78, 5) is 18.2. The number of rotatable bonds is 1. The maximum absolute atomic E-state index is 11.3. The molecule has 3 nitrogen and oxygen atoms in total. The van der Waals surface area contributed by atoms with Crippen LogP contribution in [0.1, 0.15) is 11.4 Å². The average molecular weight is 235 g/mol. The minimum absolute atomic E-state index is 0.154. The first-order valence-electron chi connectivity index (χ1n) is 4.91. The SMILES string of the molecule is Cc1nc(-c2ccc(C)c(Cl)c2)cc(=O)[nH]1. The minimum atomic E-state index is -0.154. The van der Waals surface area contributed by atoms with Crippen LogP contribution in [0.3, 0.4) is 0 Å². The molecule has 2 aromatic rings. The molecule has 0 saturated carbocycles. The molecule has 1 N–H and O–H groups in total. The summed E-state index contributed by atoms with van der Waals surface area (Å²) in [6, 6.07) is 7.10. The van der Waals surface area contributed by atoms with E-state index in [1.807, 2.05) is 25.1 Å². The van der Waals surface area contributed by atoms with E-state index in [1.165, 1.54) is 6.07 Å². The fourth-order valence-corrected chi connectivity index (χ4v) is 1.66. The van der Waals surface area contributed by atoms with Crippen molar-refractivity contribution in [3.8, 4) is 11.3 Å². The van der Waals surface area contributed by atoms with Crippen molar-refractivity contribution in [2.24, 2.45) is 0 Å². The maximum Gasteiger partial charge on any atom is 0.251 e. The lowest BCUT2D eigenvalue weighted by atomic mass is 10.1. The summed E-state index contributed by atoms with van der Waals surface area (Å²) in [6.45, 7) is 3.68. The van der Waals surface area contributed by atoms with Crippen LogP contribution in [-0.4, -0.2) is 9.97 Å². The zero-order valence-electron chi connectivity index (χ0n) is 9.04. The minimum Gasteiger partial charge on any atom is -0.311 e. The summed E-state index contributed by atoms with van der Waals surface area (Å²) in [6.07, 6.45) is 0. The van der Waals surface area contributed by atoms with Crippen LogP contribution in [0, 0.1) is 13.8 Å². The van der Waals surface area contributed by atoms with Crippen molar-refractivity contribution in [3.05, 3.63) is 51.0 Å². The Labute approximate surface area is 98.1 Å². The fourth-order valence-electron chi connectivity index (χ4n) is 1.48. The zero-order valence-corrected chi connectivity index (χ0v) is 9.80. The van der Waals surface area contributed by atoms with Crippen molar-refractivity contribution in [3.63, 3.8) is 0 Å². The van der Waals surface area contributed by atoms with Gasteiger partial charge in [-0.05, 0) is 25.5 Å². The van der Waals surface area contributed by atoms with Crippen LogP contribution in [0.5, 0.6) is 0 Å². The molecule has 0 saturated heterocycles.